The summed E-state index contributed by atoms with van der Waals surface area (Å²) in [6, 6.07) is 1.000. The molecule has 108 valence electrons. The van der Waals surface area contributed by atoms with Crippen LogP contribution in [0.2, 0.25) is 0 Å². The molecule has 0 aromatic carbocycles. The first kappa shape index (κ1) is 14.6. The molecule has 0 radical (unpaired) electrons. The minimum absolute atomic E-state index is 0.394. The maximum Gasteiger partial charge on any atom is 0.0644 e. The Kier molecular flexibility index (Phi) is 4.67. The molecular weight excluding hydrogens is 234 g/mol. The van der Waals surface area contributed by atoms with Crippen LogP contribution in [0.15, 0.2) is 0 Å². The molecule has 0 saturated heterocycles. The molecule has 0 spiro atoms. The molecule has 0 bridgehead atoms. The van der Waals surface area contributed by atoms with Gasteiger partial charge in [-0.05, 0) is 46.5 Å². The fourth-order valence-corrected chi connectivity index (χ4v) is 3.66. The molecule has 0 aliphatic heterocycles. The zero-order valence-corrected chi connectivity index (χ0v) is 13.2. The minimum Gasteiger partial charge on any atom is -0.307 e. The fraction of sp³-hybridized carbons (Fsp3) is 0.812. The van der Waals surface area contributed by atoms with Crippen molar-refractivity contribution in [1.82, 2.24) is 15.1 Å². The number of aromatic nitrogens is 2. The molecule has 19 heavy (non-hydrogen) atoms. The topological polar surface area (TPSA) is 29.9 Å². The molecule has 2 atom stereocenters. The van der Waals surface area contributed by atoms with Crippen LogP contribution in [-0.2, 0) is 7.05 Å². The molecule has 1 fully saturated rings. The largest absolute Gasteiger partial charge is 0.307 e. The summed E-state index contributed by atoms with van der Waals surface area (Å²) in [5, 5.41) is 8.34. The Morgan fingerprint density at radius 1 is 1.16 bits per heavy atom. The third-order valence-electron chi connectivity index (χ3n) is 4.87. The predicted octanol–water partition coefficient (Wildman–Crippen LogP) is 3.66. The number of hydrogen-bond acceptors (Lipinski definition) is 2. The van der Waals surface area contributed by atoms with Gasteiger partial charge < -0.3 is 5.32 Å². The molecule has 3 nitrogen and oxygen atoms in total. The molecule has 2 rings (SSSR count). The van der Waals surface area contributed by atoms with Gasteiger partial charge in [0.1, 0.15) is 0 Å². The van der Waals surface area contributed by atoms with Gasteiger partial charge in [-0.2, -0.15) is 5.10 Å². The third kappa shape index (κ3) is 3.19. The highest BCUT2D eigenvalue weighted by Crippen LogP contribution is 2.28. The standard InChI is InChI=1S/C16H29N3/c1-11(15-9-7-6-8-10-15)17-12(2)16-13(3)18-19(5)14(16)4/h11-12,15,17H,6-10H2,1-5H3/t11-,12?/m0/s1. The van der Waals surface area contributed by atoms with E-state index >= 15 is 0 Å². The first-order chi connectivity index (χ1) is 9.00. The maximum absolute atomic E-state index is 4.53. The SMILES string of the molecule is Cc1nn(C)c(C)c1C(C)N[C@@H](C)C1CCCCC1. The van der Waals surface area contributed by atoms with E-state index in [4.69, 9.17) is 0 Å². The van der Waals surface area contributed by atoms with Gasteiger partial charge in [0.2, 0.25) is 0 Å². The second-order valence-corrected chi connectivity index (χ2v) is 6.28. The molecule has 3 heteroatoms. The van der Waals surface area contributed by atoms with Crippen LogP contribution in [0.1, 0.15) is 68.9 Å². The van der Waals surface area contributed by atoms with Crippen molar-refractivity contribution in [3.63, 3.8) is 0 Å². The molecule has 1 saturated carbocycles. The normalized spacial score (nSPS) is 20.5. The quantitative estimate of drug-likeness (QED) is 0.898. The van der Waals surface area contributed by atoms with Gasteiger partial charge in [-0.25, -0.2) is 0 Å². The summed E-state index contributed by atoms with van der Waals surface area (Å²) in [5.41, 5.74) is 3.83. The van der Waals surface area contributed by atoms with Crippen LogP contribution in [-0.4, -0.2) is 15.8 Å². The molecule has 1 heterocycles. The molecule has 0 amide bonds. The van der Waals surface area contributed by atoms with Crippen molar-refractivity contribution in [2.24, 2.45) is 13.0 Å². The monoisotopic (exact) mass is 263 g/mol. The molecule has 1 aromatic rings. The average molecular weight is 263 g/mol. The number of nitrogens with zero attached hydrogens (tertiary/aromatic N) is 2. The van der Waals surface area contributed by atoms with E-state index < -0.39 is 0 Å². The molecule has 1 aromatic heterocycles. The Bertz CT molecular complexity index is 416. The van der Waals surface area contributed by atoms with Crippen molar-refractivity contribution in [1.29, 1.82) is 0 Å². The number of hydrogen-bond donors (Lipinski definition) is 1. The first-order valence-corrected chi connectivity index (χ1v) is 7.76. The predicted molar refractivity (Wildman–Crippen MR) is 80.3 cm³/mol. The van der Waals surface area contributed by atoms with E-state index in [9.17, 15) is 0 Å². The van der Waals surface area contributed by atoms with Gasteiger partial charge in [0.05, 0.1) is 5.69 Å². The van der Waals surface area contributed by atoms with Crippen molar-refractivity contribution >= 4 is 0 Å². The van der Waals surface area contributed by atoms with Crippen LogP contribution >= 0.6 is 0 Å². The molecule has 1 N–H and O–H groups in total. The van der Waals surface area contributed by atoms with E-state index in [0.29, 0.717) is 12.1 Å². The van der Waals surface area contributed by atoms with Crippen LogP contribution in [0.3, 0.4) is 0 Å². The zero-order valence-electron chi connectivity index (χ0n) is 13.2. The van der Waals surface area contributed by atoms with Crippen molar-refractivity contribution in [2.75, 3.05) is 0 Å². The van der Waals surface area contributed by atoms with E-state index in [1.165, 1.54) is 43.4 Å². The lowest BCUT2D eigenvalue weighted by Crippen LogP contribution is -2.36. The maximum atomic E-state index is 4.53. The lowest BCUT2D eigenvalue weighted by molar-refractivity contribution is 0.268. The van der Waals surface area contributed by atoms with Gasteiger partial charge in [0.25, 0.3) is 0 Å². The van der Waals surface area contributed by atoms with Gasteiger partial charge in [-0.3, -0.25) is 4.68 Å². The lowest BCUT2D eigenvalue weighted by Gasteiger charge is -2.31. The zero-order chi connectivity index (χ0) is 14.0. The number of aryl methyl sites for hydroxylation is 2. The Hall–Kier alpha value is -0.830. The second-order valence-electron chi connectivity index (χ2n) is 6.28. The van der Waals surface area contributed by atoms with E-state index in [2.05, 4.69) is 38.1 Å². The fourth-order valence-electron chi connectivity index (χ4n) is 3.66. The van der Waals surface area contributed by atoms with Crippen LogP contribution in [0.5, 0.6) is 0 Å². The summed E-state index contributed by atoms with van der Waals surface area (Å²) in [4.78, 5) is 0. The average Bonchev–Trinajstić information content (AvgIpc) is 2.64. The number of nitrogens with one attached hydrogen (secondary N) is 1. The highest BCUT2D eigenvalue weighted by atomic mass is 15.3. The van der Waals surface area contributed by atoms with Crippen molar-refractivity contribution in [3.05, 3.63) is 17.0 Å². The lowest BCUT2D eigenvalue weighted by atomic mass is 9.84. The minimum atomic E-state index is 0.394. The number of rotatable bonds is 4. The summed E-state index contributed by atoms with van der Waals surface area (Å²) in [7, 11) is 2.03. The van der Waals surface area contributed by atoms with E-state index in [1.54, 1.807) is 0 Å². The second kappa shape index (κ2) is 6.08. The molecule has 1 aliphatic rings. The van der Waals surface area contributed by atoms with Gasteiger partial charge in [-0.1, -0.05) is 19.3 Å². The van der Waals surface area contributed by atoms with Crippen molar-refractivity contribution in [3.8, 4) is 0 Å². The third-order valence-corrected chi connectivity index (χ3v) is 4.87. The van der Waals surface area contributed by atoms with Gasteiger partial charge in [0, 0.05) is 30.4 Å². The summed E-state index contributed by atoms with van der Waals surface area (Å²) in [5.74, 6) is 0.855. The van der Waals surface area contributed by atoms with Crippen LogP contribution in [0.4, 0.5) is 0 Å². The highest BCUT2D eigenvalue weighted by molar-refractivity contribution is 5.27. The molecule has 1 aliphatic carbocycles. The van der Waals surface area contributed by atoms with E-state index in [0.717, 1.165) is 11.6 Å². The Labute approximate surface area is 117 Å². The van der Waals surface area contributed by atoms with E-state index in [-0.39, 0.29) is 0 Å². The van der Waals surface area contributed by atoms with Gasteiger partial charge in [0.15, 0.2) is 0 Å². The highest BCUT2D eigenvalue weighted by Gasteiger charge is 2.23. The van der Waals surface area contributed by atoms with Crippen LogP contribution < -0.4 is 5.32 Å². The summed E-state index contributed by atoms with van der Waals surface area (Å²) in [6.45, 7) is 8.91. The summed E-state index contributed by atoms with van der Waals surface area (Å²) >= 11 is 0. The van der Waals surface area contributed by atoms with Gasteiger partial charge >= 0.3 is 0 Å². The van der Waals surface area contributed by atoms with Crippen molar-refractivity contribution in [2.45, 2.75) is 71.9 Å². The smallest absolute Gasteiger partial charge is 0.0644 e. The van der Waals surface area contributed by atoms with Crippen LogP contribution in [0, 0.1) is 19.8 Å². The summed E-state index contributed by atoms with van der Waals surface area (Å²) < 4.78 is 1.99. The Balaban J connectivity index is 2.01. The summed E-state index contributed by atoms with van der Waals surface area (Å²) in [6.07, 6.45) is 7.05. The van der Waals surface area contributed by atoms with E-state index in [1.807, 2.05) is 11.7 Å². The first-order valence-electron chi connectivity index (χ1n) is 7.76. The van der Waals surface area contributed by atoms with Crippen LogP contribution in [0.25, 0.3) is 0 Å². The molecular formula is C16H29N3. The Morgan fingerprint density at radius 3 is 2.32 bits per heavy atom. The van der Waals surface area contributed by atoms with Gasteiger partial charge in [-0.15, -0.1) is 0 Å². The Morgan fingerprint density at radius 2 is 1.79 bits per heavy atom. The molecule has 1 unspecified atom stereocenters. The van der Waals surface area contributed by atoms with Crippen molar-refractivity contribution < 1.29 is 0 Å².